The van der Waals surface area contributed by atoms with Gasteiger partial charge in [0.05, 0.1) is 6.10 Å². The van der Waals surface area contributed by atoms with Crippen molar-refractivity contribution in [2.75, 3.05) is 0 Å². The Labute approximate surface area is 199 Å². The van der Waals surface area contributed by atoms with Crippen LogP contribution in [0.4, 0.5) is 0 Å². The summed E-state index contributed by atoms with van der Waals surface area (Å²) in [4.78, 5) is 12.9. The van der Waals surface area contributed by atoms with E-state index in [1.54, 1.807) is 5.57 Å². The zero-order chi connectivity index (χ0) is 23.7. The van der Waals surface area contributed by atoms with Crippen LogP contribution in [0, 0.1) is 34.5 Å². The molecule has 0 radical (unpaired) electrons. The number of Topliss-reactive ketones (excluding diaryl/α,β-unsaturated/α-hetero) is 1. The fourth-order valence-corrected chi connectivity index (χ4v) is 10.9. The first-order valence-corrected chi connectivity index (χ1v) is 20.0. The molecule has 0 bridgehead atoms. The van der Waals surface area contributed by atoms with E-state index in [2.05, 4.69) is 59.2 Å². The Bertz CT molecular complexity index is 779. The summed E-state index contributed by atoms with van der Waals surface area (Å²) in [7, 11) is -3.20. The van der Waals surface area contributed by atoms with Crippen LogP contribution >= 0.6 is 0 Å². The van der Waals surface area contributed by atoms with Crippen LogP contribution in [0.3, 0.4) is 0 Å². The highest BCUT2D eigenvalue weighted by Gasteiger charge is 2.62. The molecular formula is C27H48O3Si2. The summed E-state index contributed by atoms with van der Waals surface area (Å²) >= 11 is 0. The Hall–Kier alpha value is -0.236. The van der Waals surface area contributed by atoms with Gasteiger partial charge >= 0.3 is 0 Å². The van der Waals surface area contributed by atoms with Crippen molar-refractivity contribution >= 4 is 22.4 Å². The van der Waals surface area contributed by atoms with Crippen molar-refractivity contribution < 1.29 is 13.6 Å². The first-order valence-electron chi connectivity index (χ1n) is 13.2. The van der Waals surface area contributed by atoms with Gasteiger partial charge in [-0.05, 0) is 120 Å². The fraction of sp³-hybridized carbons (Fsp3) is 0.889. The molecule has 32 heavy (non-hydrogen) atoms. The Balaban J connectivity index is 1.60. The van der Waals surface area contributed by atoms with Crippen molar-refractivity contribution in [2.24, 2.45) is 34.5 Å². The van der Waals surface area contributed by atoms with E-state index in [0.29, 0.717) is 29.1 Å². The molecule has 3 saturated carbocycles. The van der Waals surface area contributed by atoms with Gasteiger partial charge in [-0.2, -0.15) is 0 Å². The van der Waals surface area contributed by atoms with Gasteiger partial charge in [-0.3, -0.25) is 4.79 Å². The fourth-order valence-electron chi connectivity index (χ4n) is 8.51. The minimum Gasteiger partial charge on any atom is -0.414 e. The molecule has 0 unspecified atom stereocenters. The predicted molar refractivity (Wildman–Crippen MR) is 138 cm³/mol. The van der Waals surface area contributed by atoms with Crippen LogP contribution in [0.2, 0.25) is 39.3 Å². The molecule has 0 N–H and O–H groups in total. The molecule has 0 aromatic rings. The summed E-state index contributed by atoms with van der Waals surface area (Å²) in [6.45, 7) is 20.6. The van der Waals surface area contributed by atoms with Gasteiger partial charge in [0, 0.05) is 12.0 Å². The third-order valence-corrected chi connectivity index (χ3v) is 11.6. The lowest BCUT2D eigenvalue weighted by atomic mass is 9.47. The molecule has 4 rings (SSSR count). The van der Waals surface area contributed by atoms with E-state index in [1.165, 1.54) is 32.1 Å². The molecule has 0 aromatic carbocycles. The van der Waals surface area contributed by atoms with Crippen LogP contribution in [0.1, 0.15) is 65.7 Å². The van der Waals surface area contributed by atoms with Crippen molar-refractivity contribution in [1.82, 2.24) is 0 Å². The van der Waals surface area contributed by atoms with E-state index < -0.39 is 16.6 Å². The van der Waals surface area contributed by atoms with Gasteiger partial charge in [0.1, 0.15) is 5.78 Å². The number of hydrogen-bond acceptors (Lipinski definition) is 3. The third kappa shape index (κ3) is 4.41. The topological polar surface area (TPSA) is 35.5 Å². The summed E-state index contributed by atoms with van der Waals surface area (Å²) in [5.74, 6) is 2.51. The van der Waals surface area contributed by atoms with Gasteiger partial charge in [-0.15, -0.1) is 0 Å². The summed E-state index contributed by atoms with van der Waals surface area (Å²) in [6, 6.07) is 0. The van der Waals surface area contributed by atoms with Crippen LogP contribution < -0.4 is 0 Å². The second-order valence-corrected chi connectivity index (χ2v) is 22.9. The highest BCUT2D eigenvalue weighted by atomic mass is 28.4. The van der Waals surface area contributed by atoms with E-state index >= 15 is 0 Å². The summed E-state index contributed by atoms with van der Waals surface area (Å²) in [6.07, 6.45) is 11.5. The molecule has 0 heterocycles. The van der Waals surface area contributed by atoms with E-state index in [4.69, 9.17) is 8.85 Å². The van der Waals surface area contributed by atoms with Gasteiger partial charge in [-0.1, -0.05) is 25.5 Å². The number of carbonyl (C=O) groups excluding carboxylic acids is 1. The van der Waals surface area contributed by atoms with Gasteiger partial charge < -0.3 is 8.85 Å². The van der Waals surface area contributed by atoms with Crippen LogP contribution in [0.25, 0.3) is 0 Å². The Morgan fingerprint density at radius 2 is 1.62 bits per heavy atom. The lowest BCUT2D eigenvalue weighted by Crippen LogP contribution is -2.51. The highest BCUT2D eigenvalue weighted by molar-refractivity contribution is 6.70. The minimum absolute atomic E-state index is 0.0826. The number of allylic oxidation sites excluding steroid dienone is 1. The van der Waals surface area contributed by atoms with Gasteiger partial charge in [0.2, 0.25) is 0 Å². The van der Waals surface area contributed by atoms with E-state index in [-0.39, 0.29) is 17.4 Å². The molecule has 0 spiro atoms. The smallest absolute Gasteiger partial charge is 0.184 e. The first kappa shape index (κ1) is 24.9. The molecule has 0 saturated heterocycles. The molecule has 3 fully saturated rings. The number of rotatable bonds is 5. The molecule has 4 aliphatic rings. The average molecular weight is 477 g/mol. The summed E-state index contributed by atoms with van der Waals surface area (Å²) in [5, 5.41) is 0. The van der Waals surface area contributed by atoms with Crippen molar-refractivity contribution in [1.29, 1.82) is 0 Å². The van der Waals surface area contributed by atoms with Gasteiger partial charge in [-0.25, -0.2) is 0 Å². The lowest BCUT2D eigenvalue weighted by molar-refractivity contribution is -0.130. The largest absolute Gasteiger partial charge is 0.414 e. The molecule has 0 amide bonds. The molecule has 5 heteroatoms. The summed E-state index contributed by atoms with van der Waals surface area (Å²) in [5.41, 5.74) is 2.12. The van der Waals surface area contributed by atoms with E-state index in [0.717, 1.165) is 18.8 Å². The molecule has 4 aliphatic carbocycles. The quantitative estimate of drug-likeness (QED) is 0.311. The zero-order valence-corrected chi connectivity index (χ0v) is 24.2. The van der Waals surface area contributed by atoms with Crippen molar-refractivity contribution in [3.63, 3.8) is 0 Å². The standard InChI is InChI=1S/C27H48O3Si2/c1-18(28)25-24(30-32(7,8)9)17-23-21-11-10-19-16-20(29-31(4,5)6)12-14-26(19,2)22(21)13-15-27(23,25)3/h10,20-25H,11-17H2,1-9H3/t20-,21+,22-,23-,24+,25-,26-,27-/m0/s1. The zero-order valence-electron chi connectivity index (χ0n) is 22.2. The van der Waals surface area contributed by atoms with E-state index in [1.807, 2.05) is 6.92 Å². The first-order chi connectivity index (χ1) is 14.6. The molecule has 8 atom stereocenters. The molecule has 3 nitrogen and oxygen atoms in total. The maximum Gasteiger partial charge on any atom is 0.184 e. The van der Waals surface area contributed by atoms with E-state index in [9.17, 15) is 4.79 Å². The van der Waals surface area contributed by atoms with Gasteiger partial charge in [0.25, 0.3) is 0 Å². The molecule has 182 valence electrons. The number of hydrogen-bond donors (Lipinski definition) is 0. The second kappa shape index (κ2) is 8.17. The number of fused-ring (bicyclic) bond motifs is 5. The Morgan fingerprint density at radius 3 is 2.22 bits per heavy atom. The van der Waals surface area contributed by atoms with Crippen LogP contribution in [-0.4, -0.2) is 34.6 Å². The SMILES string of the molecule is CC(=O)[C@H]1[C@H](O[Si](C)(C)C)C[C@H]2[C@@H]3CC=C4C[C@@H](O[Si](C)(C)C)CC[C@]4(C)[C@H]3CC[C@@]21C. The number of ketones is 1. The second-order valence-electron chi connectivity index (χ2n) is 14.0. The monoisotopic (exact) mass is 476 g/mol. The van der Waals surface area contributed by atoms with Gasteiger partial charge in [0.15, 0.2) is 16.6 Å². The Morgan fingerprint density at radius 1 is 0.969 bits per heavy atom. The minimum atomic E-state index is -1.70. The van der Waals surface area contributed by atoms with Crippen molar-refractivity contribution in [3.8, 4) is 0 Å². The van der Waals surface area contributed by atoms with Crippen molar-refractivity contribution in [3.05, 3.63) is 11.6 Å². The maximum absolute atomic E-state index is 12.9. The lowest BCUT2D eigenvalue weighted by Gasteiger charge is -2.58. The molecule has 0 aromatic heterocycles. The average Bonchev–Trinajstić information content (AvgIpc) is 2.91. The van der Waals surface area contributed by atoms with Crippen LogP contribution in [0.15, 0.2) is 11.6 Å². The van der Waals surface area contributed by atoms with Crippen LogP contribution in [0.5, 0.6) is 0 Å². The Kier molecular flexibility index (Phi) is 6.35. The predicted octanol–water partition coefficient (Wildman–Crippen LogP) is 7.20. The normalized spacial score (nSPS) is 44.3. The summed E-state index contributed by atoms with van der Waals surface area (Å²) < 4.78 is 13.2. The highest BCUT2D eigenvalue weighted by Crippen LogP contribution is 2.66. The number of carbonyl (C=O) groups is 1. The van der Waals surface area contributed by atoms with Crippen LogP contribution in [-0.2, 0) is 13.6 Å². The molecule has 0 aliphatic heterocycles. The third-order valence-electron chi connectivity index (χ3n) is 9.53. The molecular weight excluding hydrogens is 428 g/mol. The maximum atomic E-state index is 12.9. The van der Waals surface area contributed by atoms with Crippen molar-refractivity contribution in [2.45, 2.75) is 117 Å².